The van der Waals surface area contributed by atoms with Crippen LogP contribution in [0.4, 0.5) is 13.6 Å². The number of hydrogen-bond donors (Lipinski definition) is 3. The minimum absolute atomic E-state index is 0.208. The number of alkyl halides is 2. The van der Waals surface area contributed by atoms with Crippen LogP contribution in [0.15, 0.2) is 61.2 Å². The van der Waals surface area contributed by atoms with Gasteiger partial charge in [0.1, 0.15) is 18.5 Å². The van der Waals surface area contributed by atoms with E-state index in [1.54, 1.807) is 24.4 Å². The lowest BCUT2D eigenvalue weighted by molar-refractivity contribution is -0.135. The summed E-state index contributed by atoms with van der Waals surface area (Å²) in [7, 11) is 0. The van der Waals surface area contributed by atoms with Gasteiger partial charge in [-0.05, 0) is 40.7 Å². The molecular formula is C34H36ClF2N9O4. The maximum Gasteiger partial charge on any atom is 0.410 e. The summed E-state index contributed by atoms with van der Waals surface area (Å²) in [5.74, 6) is -3.26. The lowest BCUT2D eigenvalue weighted by Crippen LogP contribution is -2.58. The fourth-order valence-electron chi connectivity index (χ4n) is 6.61. The van der Waals surface area contributed by atoms with Crippen LogP contribution in [0.2, 0.25) is 5.02 Å². The van der Waals surface area contributed by atoms with Crippen molar-refractivity contribution in [2.24, 2.45) is 5.41 Å². The Morgan fingerprint density at radius 2 is 1.90 bits per heavy atom. The number of carbonyl (C=O) groups is 2. The van der Waals surface area contributed by atoms with Crippen LogP contribution < -0.4 is 5.32 Å². The third kappa shape index (κ3) is 6.31. The highest BCUT2D eigenvalue weighted by Gasteiger charge is 2.55. The summed E-state index contributed by atoms with van der Waals surface area (Å²) in [6, 6.07) is 11.7. The van der Waals surface area contributed by atoms with E-state index in [2.05, 4.69) is 25.6 Å². The first-order valence-electron chi connectivity index (χ1n) is 16.1. The molecule has 3 N–H and O–H groups in total. The van der Waals surface area contributed by atoms with Gasteiger partial charge in [-0.15, -0.1) is 0 Å². The summed E-state index contributed by atoms with van der Waals surface area (Å²) in [5.41, 5.74) is 1.67. The molecule has 2 amide bonds. The highest BCUT2D eigenvalue weighted by molar-refractivity contribution is 6.33. The lowest BCUT2D eigenvalue weighted by atomic mass is 9.75. The zero-order valence-electron chi connectivity index (χ0n) is 27.6. The van der Waals surface area contributed by atoms with Crippen LogP contribution in [-0.2, 0) is 19.8 Å². The fraction of sp³-hybridized carbons (Fsp3) is 0.412. The molecule has 3 aliphatic rings. The molecule has 4 aromatic rings. The van der Waals surface area contributed by atoms with Crippen molar-refractivity contribution in [3.05, 3.63) is 77.3 Å². The monoisotopic (exact) mass is 707 g/mol. The minimum atomic E-state index is -2.98. The van der Waals surface area contributed by atoms with E-state index in [-0.39, 0.29) is 17.4 Å². The molecule has 0 radical (unpaired) electrons. The van der Waals surface area contributed by atoms with Crippen molar-refractivity contribution in [3.63, 3.8) is 0 Å². The van der Waals surface area contributed by atoms with E-state index < -0.39 is 49.2 Å². The number of hydrogen-bond acceptors (Lipinski definition) is 8. The maximum atomic E-state index is 14.9. The van der Waals surface area contributed by atoms with Crippen molar-refractivity contribution in [2.45, 2.75) is 50.7 Å². The lowest BCUT2D eigenvalue weighted by Gasteiger charge is -2.38. The maximum absolute atomic E-state index is 14.9. The van der Waals surface area contributed by atoms with Crippen LogP contribution in [0.25, 0.3) is 22.5 Å². The smallest absolute Gasteiger partial charge is 0.410 e. The molecule has 50 heavy (non-hydrogen) atoms. The van der Waals surface area contributed by atoms with Crippen LogP contribution in [0.3, 0.4) is 0 Å². The number of halogens is 3. The predicted molar refractivity (Wildman–Crippen MR) is 178 cm³/mol. The number of nitrogens with one attached hydrogen (secondary N) is 3. The van der Waals surface area contributed by atoms with Crippen LogP contribution in [-0.4, -0.2) is 91.6 Å². The molecule has 0 spiro atoms. The number of rotatable bonds is 9. The number of carbonyl (C=O) groups excluding carboxylic acids is 2. The predicted octanol–water partition coefficient (Wildman–Crippen LogP) is 5.39. The van der Waals surface area contributed by atoms with Crippen molar-refractivity contribution < 1.29 is 27.8 Å². The van der Waals surface area contributed by atoms with Gasteiger partial charge in [0.15, 0.2) is 11.8 Å². The molecule has 7 rings (SSSR count). The molecule has 5 heterocycles. The largest absolute Gasteiger partial charge is 0.447 e. The second-order valence-corrected chi connectivity index (χ2v) is 14.6. The number of nitrogens with zero attached hydrogens (tertiary/aromatic N) is 6. The molecule has 0 bridgehead atoms. The van der Waals surface area contributed by atoms with Gasteiger partial charge in [-0.2, -0.15) is 10.2 Å². The van der Waals surface area contributed by atoms with Crippen molar-refractivity contribution in [1.29, 1.82) is 5.41 Å². The van der Waals surface area contributed by atoms with Gasteiger partial charge < -0.3 is 14.8 Å². The Kier molecular flexibility index (Phi) is 8.37. The molecule has 3 fully saturated rings. The molecule has 0 saturated carbocycles. The number of aromatic amines is 1. The van der Waals surface area contributed by atoms with Gasteiger partial charge in [-0.25, -0.2) is 18.6 Å². The van der Waals surface area contributed by atoms with Gasteiger partial charge >= 0.3 is 6.09 Å². The zero-order chi connectivity index (χ0) is 35.4. The average molecular weight is 708 g/mol. The number of guanidine groups is 1. The van der Waals surface area contributed by atoms with E-state index in [0.29, 0.717) is 47.2 Å². The Morgan fingerprint density at radius 3 is 2.52 bits per heavy atom. The molecule has 3 aliphatic heterocycles. The number of likely N-dealkylation sites (tertiary alicyclic amines) is 1. The molecule has 0 unspecified atom stereocenters. The zero-order valence-corrected chi connectivity index (χ0v) is 28.4. The Morgan fingerprint density at radius 1 is 1.16 bits per heavy atom. The number of ether oxygens (including phenoxy) is 2. The van der Waals surface area contributed by atoms with E-state index >= 15 is 0 Å². The Balaban J connectivity index is 1.23. The van der Waals surface area contributed by atoms with Crippen molar-refractivity contribution in [3.8, 4) is 22.5 Å². The van der Waals surface area contributed by atoms with Gasteiger partial charge in [0.2, 0.25) is 0 Å². The summed E-state index contributed by atoms with van der Waals surface area (Å²) < 4.78 is 39.8. The molecular weight excluding hydrogens is 672 g/mol. The third-order valence-corrected chi connectivity index (χ3v) is 9.41. The topological polar surface area (TPSA) is 154 Å². The SMILES string of the molecule is CC(C)(C)C[C@]1(c2ccc(-c3cnn(C4COC4)c3)cc2)NC(=N)N([C@H](COC(=O)N2CC(F)(F)C2)c2ccc(Cl)c(-c3ncn[nH]3)c2)C1=O. The second-order valence-electron chi connectivity index (χ2n) is 14.1. The number of aromatic nitrogens is 5. The normalized spacial score (nSPS) is 21.1. The molecule has 2 aromatic heterocycles. The Bertz CT molecular complexity index is 1920. The first-order valence-corrected chi connectivity index (χ1v) is 16.5. The van der Waals surface area contributed by atoms with E-state index in [9.17, 15) is 18.4 Å². The molecule has 3 saturated heterocycles. The highest BCUT2D eigenvalue weighted by Crippen LogP contribution is 2.43. The third-order valence-electron chi connectivity index (χ3n) is 9.08. The first-order chi connectivity index (χ1) is 23.7. The molecule has 13 nitrogen and oxygen atoms in total. The summed E-state index contributed by atoms with van der Waals surface area (Å²) in [4.78, 5) is 34.1. The van der Waals surface area contributed by atoms with E-state index in [1.165, 1.54) is 11.2 Å². The molecule has 262 valence electrons. The first kappa shape index (κ1) is 33.6. The van der Waals surface area contributed by atoms with Crippen LogP contribution >= 0.6 is 11.6 Å². The van der Waals surface area contributed by atoms with Crippen molar-refractivity contribution in [1.82, 2.24) is 40.1 Å². The molecule has 16 heteroatoms. The van der Waals surface area contributed by atoms with Gasteiger partial charge in [0.05, 0.1) is 49.6 Å². The fourth-order valence-corrected chi connectivity index (χ4v) is 6.82. The average Bonchev–Trinajstić information content (AvgIpc) is 3.77. The quantitative estimate of drug-likeness (QED) is 0.209. The van der Waals surface area contributed by atoms with Gasteiger partial charge in [0, 0.05) is 17.3 Å². The van der Waals surface area contributed by atoms with Crippen LogP contribution in [0, 0.1) is 10.8 Å². The van der Waals surface area contributed by atoms with Crippen LogP contribution in [0.5, 0.6) is 0 Å². The number of benzene rings is 2. The second kappa shape index (κ2) is 12.5. The number of H-pyrrole nitrogens is 1. The summed E-state index contributed by atoms with van der Waals surface area (Å²) >= 11 is 6.52. The van der Waals surface area contributed by atoms with E-state index in [1.807, 2.05) is 55.9 Å². The van der Waals surface area contributed by atoms with Crippen molar-refractivity contribution >= 4 is 29.6 Å². The van der Waals surface area contributed by atoms with Crippen LogP contribution in [0.1, 0.15) is 50.4 Å². The Hall–Kier alpha value is -4.89. The van der Waals surface area contributed by atoms with Gasteiger partial charge in [-0.1, -0.05) is 62.7 Å². The van der Waals surface area contributed by atoms with Crippen molar-refractivity contribution in [2.75, 3.05) is 32.9 Å². The van der Waals surface area contributed by atoms with E-state index in [0.717, 1.165) is 16.0 Å². The molecule has 2 atom stereocenters. The minimum Gasteiger partial charge on any atom is -0.447 e. The number of amides is 2. The van der Waals surface area contributed by atoms with Gasteiger partial charge in [-0.3, -0.25) is 29.8 Å². The summed E-state index contributed by atoms with van der Waals surface area (Å²) in [5, 5.41) is 23.9. The van der Waals surface area contributed by atoms with E-state index in [4.69, 9.17) is 26.5 Å². The van der Waals surface area contributed by atoms with Gasteiger partial charge in [0.25, 0.3) is 11.8 Å². The Labute approximate surface area is 291 Å². The highest BCUT2D eigenvalue weighted by atomic mass is 35.5. The summed E-state index contributed by atoms with van der Waals surface area (Å²) in [6.07, 6.45) is 4.46. The molecule has 2 aromatic carbocycles. The summed E-state index contributed by atoms with van der Waals surface area (Å²) in [6.45, 7) is 5.33. The standard InChI is InChI=1S/C34H36ClF2N9O4/c1-32(2,3)16-34(23-7-4-20(5-8-23)22-11-41-45(12-22)24-13-49-14-24)29(47)46(30(38)42-34)27(15-50-31(48)44-17-33(36,37)18-44)21-6-9-26(35)25(10-21)28-39-19-40-43-28/h4-12,19,24,27H,13-18H2,1-3H3,(H2,38,42)(H,39,40,43)/t27-,34-/m1/s1. The molecule has 0 aliphatic carbocycles.